The number of carboxylic acid groups (broad SMARTS) is 1. The molecule has 0 unspecified atom stereocenters. The summed E-state index contributed by atoms with van der Waals surface area (Å²) in [5, 5.41) is 15.3. The van der Waals surface area contributed by atoms with E-state index >= 15 is 0 Å². The SMILES string of the molecule is CN[C@H]1CCCC[C@@H]1Nc1cc(F)c(S(=O)(=O)Nc2nccs2)cc1Br.O=CO. The molecular formula is C17H22BrFN4O4S2. The number of halogens is 2. The quantitative estimate of drug-likeness (QED) is 0.440. The molecule has 29 heavy (non-hydrogen) atoms. The van der Waals surface area contributed by atoms with Gasteiger partial charge in [-0.15, -0.1) is 11.3 Å². The minimum absolute atomic E-state index is 0.167. The van der Waals surface area contributed by atoms with Crippen LogP contribution in [0.4, 0.5) is 15.2 Å². The molecule has 1 aliphatic rings. The highest BCUT2D eigenvalue weighted by atomic mass is 79.9. The van der Waals surface area contributed by atoms with Crippen LogP contribution in [0.15, 0.2) is 33.1 Å². The summed E-state index contributed by atoms with van der Waals surface area (Å²) in [5.74, 6) is -0.809. The minimum Gasteiger partial charge on any atom is -0.483 e. The highest BCUT2D eigenvalue weighted by Gasteiger charge is 2.26. The highest BCUT2D eigenvalue weighted by Crippen LogP contribution is 2.32. The Bertz CT molecular complexity index is 912. The fourth-order valence-corrected chi connectivity index (χ4v) is 5.62. The van der Waals surface area contributed by atoms with E-state index in [0.29, 0.717) is 16.2 Å². The van der Waals surface area contributed by atoms with Crippen LogP contribution in [0.25, 0.3) is 0 Å². The third-order valence-corrected chi connectivity index (χ3v) is 7.27. The van der Waals surface area contributed by atoms with E-state index in [2.05, 4.69) is 36.3 Å². The number of benzene rings is 1. The van der Waals surface area contributed by atoms with Crippen LogP contribution in [-0.4, -0.2) is 44.1 Å². The van der Waals surface area contributed by atoms with Crippen molar-refractivity contribution < 1.29 is 22.7 Å². The van der Waals surface area contributed by atoms with Gasteiger partial charge < -0.3 is 15.7 Å². The molecule has 1 aliphatic carbocycles. The second kappa shape index (κ2) is 10.9. The van der Waals surface area contributed by atoms with E-state index in [1.165, 1.54) is 24.8 Å². The van der Waals surface area contributed by atoms with Gasteiger partial charge in [-0.2, -0.15) is 0 Å². The van der Waals surface area contributed by atoms with Crippen molar-refractivity contribution >= 4 is 54.6 Å². The lowest BCUT2D eigenvalue weighted by Gasteiger charge is -2.33. The molecule has 2 aromatic rings. The molecule has 8 nitrogen and oxygen atoms in total. The third kappa shape index (κ3) is 6.36. The van der Waals surface area contributed by atoms with Gasteiger partial charge >= 0.3 is 0 Å². The van der Waals surface area contributed by atoms with Crippen LogP contribution in [-0.2, 0) is 14.8 Å². The number of aromatic nitrogens is 1. The zero-order chi connectivity index (χ0) is 21.4. The molecule has 0 radical (unpaired) electrons. The summed E-state index contributed by atoms with van der Waals surface area (Å²) >= 11 is 4.49. The molecule has 0 bridgehead atoms. The summed E-state index contributed by atoms with van der Waals surface area (Å²) in [6.45, 7) is -0.250. The molecule has 0 amide bonds. The van der Waals surface area contributed by atoms with Crippen LogP contribution < -0.4 is 15.4 Å². The Kier molecular flexibility index (Phi) is 8.80. The zero-order valence-electron chi connectivity index (χ0n) is 15.6. The summed E-state index contributed by atoms with van der Waals surface area (Å²) < 4.78 is 42.2. The molecule has 0 saturated heterocycles. The first-order chi connectivity index (χ1) is 13.8. The fourth-order valence-electron chi connectivity index (χ4n) is 3.14. The molecule has 0 aliphatic heterocycles. The standard InChI is InChI=1S/C16H20BrFN4O2S2.CH2O2/c1-19-12-4-2-3-5-13(12)21-14-9-11(18)15(8-10(14)17)26(23,24)22-16-20-6-7-25-16;2-1-3/h6-9,12-13,19,21H,2-5H2,1H3,(H,20,22);1H,(H,2,3)/t12-,13-;/m0./s1. The van der Waals surface area contributed by atoms with E-state index < -0.39 is 20.7 Å². The molecule has 3 rings (SSSR count). The van der Waals surface area contributed by atoms with Crippen molar-refractivity contribution in [2.75, 3.05) is 17.1 Å². The minimum atomic E-state index is -4.05. The number of thiazole rings is 1. The number of likely N-dealkylation sites (N-methyl/N-ethyl adjacent to an activating group) is 1. The fraction of sp³-hybridized carbons (Fsp3) is 0.412. The molecule has 1 aromatic heterocycles. The van der Waals surface area contributed by atoms with Crippen molar-refractivity contribution in [2.45, 2.75) is 42.7 Å². The molecule has 160 valence electrons. The molecular weight excluding hydrogens is 487 g/mol. The Morgan fingerprint density at radius 2 is 1.97 bits per heavy atom. The number of hydrogen-bond acceptors (Lipinski definition) is 7. The van der Waals surface area contributed by atoms with Crippen molar-refractivity contribution in [1.82, 2.24) is 10.3 Å². The van der Waals surface area contributed by atoms with Crippen LogP contribution in [0, 0.1) is 5.82 Å². The van der Waals surface area contributed by atoms with Crippen LogP contribution in [0.3, 0.4) is 0 Å². The van der Waals surface area contributed by atoms with E-state index in [4.69, 9.17) is 9.90 Å². The van der Waals surface area contributed by atoms with Crippen LogP contribution >= 0.6 is 27.3 Å². The normalized spacial score (nSPS) is 19.0. The van der Waals surface area contributed by atoms with Gasteiger partial charge in [-0.3, -0.25) is 9.52 Å². The first-order valence-corrected chi connectivity index (χ1v) is 11.9. The number of nitrogens with zero attached hydrogens (tertiary/aromatic N) is 1. The molecule has 1 aromatic carbocycles. The van der Waals surface area contributed by atoms with Gasteiger partial charge in [0.1, 0.15) is 10.7 Å². The highest BCUT2D eigenvalue weighted by molar-refractivity contribution is 9.10. The maximum absolute atomic E-state index is 14.6. The van der Waals surface area contributed by atoms with Gasteiger partial charge in [-0.1, -0.05) is 12.8 Å². The monoisotopic (exact) mass is 508 g/mol. The van der Waals surface area contributed by atoms with Crippen molar-refractivity contribution in [3.05, 3.63) is 34.0 Å². The van der Waals surface area contributed by atoms with Crippen LogP contribution in [0.5, 0.6) is 0 Å². The van der Waals surface area contributed by atoms with E-state index in [-0.39, 0.29) is 17.6 Å². The maximum atomic E-state index is 14.6. The first-order valence-electron chi connectivity index (χ1n) is 8.75. The Morgan fingerprint density at radius 3 is 2.55 bits per heavy atom. The van der Waals surface area contributed by atoms with E-state index in [9.17, 15) is 12.8 Å². The average molecular weight is 509 g/mol. The van der Waals surface area contributed by atoms with Gasteiger partial charge in [0.2, 0.25) is 0 Å². The summed E-state index contributed by atoms with van der Waals surface area (Å²) in [4.78, 5) is 11.8. The predicted octanol–water partition coefficient (Wildman–Crippen LogP) is 3.49. The Labute approximate surface area is 181 Å². The lowest BCUT2D eigenvalue weighted by molar-refractivity contribution is -0.122. The number of sulfonamides is 1. The summed E-state index contributed by atoms with van der Waals surface area (Å²) in [6.07, 6.45) is 5.78. The van der Waals surface area contributed by atoms with E-state index in [1.807, 2.05) is 7.05 Å². The van der Waals surface area contributed by atoms with Gasteiger partial charge in [0, 0.05) is 28.1 Å². The second-order valence-corrected chi connectivity index (χ2v) is 9.64. The van der Waals surface area contributed by atoms with E-state index in [1.54, 1.807) is 5.38 Å². The summed E-state index contributed by atoms with van der Waals surface area (Å²) in [6, 6.07) is 2.97. The second-order valence-electron chi connectivity index (χ2n) is 6.24. The van der Waals surface area contributed by atoms with E-state index in [0.717, 1.165) is 30.6 Å². The molecule has 4 N–H and O–H groups in total. The van der Waals surface area contributed by atoms with Crippen LogP contribution in [0.1, 0.15) is 25.7 Å². The van der Waals surface area contributed by atoms with Gasteiger partial charge in [-0.05, 0) is 48.0 Å². The largest absolute Gasteiger partial charge is 0.483 e. The lowest BCUT2D eigenvalue weighted by atomic mass is 9.90. The Hall–Kier alpha value is -1.76. The van der Waals surface area contributed by atoms with Gasteiger partial charge in [0.05, 0.1) is 5.69 Å². The van der Waals surface area contributed by atoms with Crippen molar-refractivity contribution in [1.29, 1.82) is 0 Å². The first kappa shape index (κ1) is 23.5. The third-order valence-electron chi connectivity index (χ3n) is 4.44. The van der Waals surface area contributed by atoms with Crippen LogP contribution in [0.2, 0.25) is 0 Å². The molecule has 1 fully saturated rings. The number of carbonyl (C=O) groups is 1. The Morgan fingerprint density at radius 1 is 1.31 bits per heavy atom. The number of hydrogen-bond donors (Lipinski definition) is 4. The molecule has 1 heterocycles. The van der Waals surface area contributed by atoms with Gasteiger partial charge in [0.15, 0.2) is 5.13 Å². The number of rotatable bonds is 6. The summed E-state index contributed by atoms with van der Waals surface area (Å²) in [7, 11) is -2.13. The van der Waals surface area contributed by atoms with Gasteiger partial charge in [-0.25, -0.2) is 17.8 Å². The average Bonchev–Trinajstić information content (AvgIpc) is 3.17. The molecule has 12 heteroatoms. The zero-order valence-corrected chi connectivity index (χ0v) is 18.8. The molecule has 1 saturated carbocycles. The number of anilines is 2. The number of nitrogens with one attached hydrogen (secondary N) is 3. The topological polar surface area (TPSA) is 120 Å². The maximum Gasteiger partial charge on any atom is 0.290 e. The Balaban J connectivity index is 0.000000941. The smallest absolute Gasteiger partial charge is 0.290 e. The summed E-state index contributed by atoms with van der Waals surface area (Å²) in [5.41, 5.74) is 0.544. The predicted molar refractivity (Wildman–Crippen MR) is 114 cm³/mol. The van der Waals surface area contributed by atoms with Crippen molar-refractivity contribution in [2.24, 2.45) is 0 Å². The lowest BCUT2D eigenvalue weighted by Crippen LogP contribution is -2.44. The van der Waals surface area contributed by atoms with Crippen molar-refractivity contribution in [3.8, 4) is 0 Å². The van der Waals surface area contributed by atoms with Gasteiger partial charge in [0.25, 0.3) is 16.5 Å². The van der Waals surface area contributed by atoms with Crippen molar-refractivity contribution in [3.63, 3.8) is 0 Å². The molecule has 2 atom stereocenters. The molecule has 0 spiro atoms.